The predicted octanol–water partition coefficient (Wildman–Crippen LogP) is 3.21. The summed E-state index contributed by atoms with van der Waals surface area (Å²) in [5, 5.41) is 8.81. The minimum atomic E-state index is -0.469. The molecule has 3 nitrogen and oxygen atoms in total. The predicted molar refractivity (Wildman–Crippen MR) is 78.4 cm³/mol. The van der Waals surface area contributed by atoms with Crippen molar-refractivity contribution in [1.29, 1.82) is 0 Å². The molecule has 3 rings (SSSR count). The van der Waals surface area contributed by atoms with E-state index in [1.165, 1.54) is 16.7 Å². The molecule has 2 N–H and O–H groups in total. The monoisotopic (exact) mass is 265 g/mol. The minimum absolute atomic E-state index is 0.469. The van der Waals surface area contributed by atoms with Crippen LogP contribution in [-0.2, 0) is 6.42 Å². The van der Waals surface area contributed by atoms with E-state index in [9.17, 15) is 4.79 Å². The quantitative estimate of drug-likeness (QED) is 0.647. The smallest absolute Gasteiger partial charge is 0.275 e. The van der Waals surface area contributed by atoms with E-state index in [-0.39, 0.29) is 0 Å². The largest absolute Gasteiger partial charge is 0.288 e. The van der Waals surface area contributed by atoms with Crippen LogP contribution in [-0.4, -0.2) is 11.1 Å². The Labute approximate surface area is 117 Å². The van der Waals surface area contributed by atoms with Crippen molar-refractivity contribution in [3.63, 3.8) is 0 Å². The second-order valence-corrected chi connectivity index (χ2v) is 5.03. The number of fused-ring (bicyclic) bond motifs is 1. The summed E-state index contributed by atoms with van der Waals surface area (Å²) >= 11 is 0. The molecule has 0 aromatic heterocycles. The van der Waals surface area contributed by atoms with Crippen molar-refractivity contribution in [3.05, 3.63) is 70.3 Å². The Hall–Kier alpha value is -2.39. The molecule has 2 aromatic rings. The van der Waals surface area contributed by atoms with Crippen LogP contribution >= 0.6 is 0 Å². The number of allylic oxidation sites excluding steroid dienone is 1. The number of carbonyl (C=O) groups is 1. The molecular formula is C17H15NO2. The topological polar surface area (TPSA) is 49.3 Å². The number of carbonyl (C=O) groups excluding carboxylic acids is 1. The third kappa shape index (κ3) is 2.12. The first-order valence-corrected chi connectivity index (χ1v) is 6.53. The van der Waals surface area contributed by atoms with Gasteiger partial charge in [0, 0.05) is 5.56 Å². The number of hydroxylamine groups is 1. The highest BCUT2D eigenvalue weighted by Crippen LogP contribution is 2.33. The number of hydrogen-bond acceptors (Lipinski definition) is 2. The maximum Gasteiger partial charge on any atom is 0.275 e. The second-order valence-electron chi connectivity index (χ2n) is 5.03. The maximum absolute atomic E-state index is 11.7. The van der Waals surface area contributed by atoms with Crippen molar-refractivity contribution >= 4 is 17.6 Å². The molecule has 1 aliphatic carbocycles. The summed E-state index contributed by atoms with van der Waals surface area (Å²) < 4.78 is 0. The molecule has 0 spiro atoms. The van der Waals surface area contributed by atoms with Crippen molar-refractivity contribution < 1.29 is 10.0 Å². The first-order valence-electron chi connectivity index (χ1n) is 6.53. The molecule has 0 bridgehead atoms. The summed E-state index contributed by atoms with van der Waals surface area (Å²) in [6, 6.07) is 13.9. The van der Waals surface area contributed by atoms with E-state index in [4.69, 9.17) is 5.21 Å². The van der Waals surface area contributed by atoms with Gasteiger partial charge in [0.2, 0.25) is 0 Å². The van der Waals surface area contributed by atoms with Crippen LogP contribution in [0.5, 0.6) is 0 Å². The molecule has 2 aromatic carbocycles. The Morgan fingerprint density at radius 3 is 2.60 bits per heavy atom. The van der Waals surface area contributed by atoms with Crippen LogP contribution in [0.2, 0.25) is 0 Å². The van der Waals surface area contributed by atoms with Gasteiger partial charge in [0.25, 0.3) is 5.91 Å². The summed E-state index contributed by atoms with van der Waals surface area (Å²) in [4.78, 5) is 11.7. The lowest BCUT2D eigenvalue weighted by Gasteiger charge is -2.04. The molecule has 0 saturated heterocycles. The molecule has 0 saturated carbocycles. The fourth-order valence-electron chi connectivity index (χ4n) is 2.58. The number of benzene rings is 2. The van der Waals surface area contributed by atoms with Crippen molar-refractivity contribution in [3.8, 4) is 0 Å². The highest BCUT2D eigenvalue weighted by Gasteiger charge is 2.19. The zero-order chi connectivity index (χ0) is 14.1. The number of aryl methyl sites for hydroxylation is 1. The van der Waals surface area contributed by atoms with Gasteiger partial charge in [-0.05, 0) is 47.8 Å². The van der Waals surface area contributed by atoms with E-state index in [1.807, 2.05) is 18.2 Å². The molecule has 1 aliphatic rings. The van der Waals surface area contributed by atoms with E-state index >= 15 is 0 Å². The molecule has 3 heteroatoms. The van der Waals surface area contributed by atoms with Crippen LogP contribution in [0.1, 0.15) is 32.6 Å². The highest BCUT2D eigenvalue weighted by molar-refractivity contribution is 6.01. The van der Waals surface area contributed by atoms with Gasteiger partial charge in [0.15, 0.2) is 0 Å². The summed E-state index contributed by atoms with van der Waals surface area (Å²) in [6.07, 6.45) is 2.84. The molecule has 0 aliphatic heterocycles. The fraction of sp³-hybridized carbons (Fsp3) is 0.118. The Balaban J connectivity index is 2.03. The lowest BCUT2D eigenvalue weighted by atomic mass is 10.0. The van der Waals surface area contributed by atoms with E-state index in [2.05, 4.69) is 31.2 Å². The molecule has 0 fully saturated rings. The summed E-state index contributed by atoms with van der Waals surface area (Å²) in [7, 11) is 0. The third-order valence-electron chi connectivity index (χ3n) is 3.66. The van der Waals surface area contributed by atoms with Gasteiger partial charge in [-0.2, -0.15) is 0 Å². The van der Waals surface area contributed by atoms with Crippen LogP contribution in [0.15, 0.2) is 42.5 Å². The summed E-state index contributed by atoms with van der Waals surface area (Å²) in [6.45, 7) is 2.06. The lowest BCUT2D eigenvalue weighted by molar-refractivity contribution is 0.0706. The van der Waals surface area contributed by atoms with E-state index in [0.29, 0.717) is 5.56 Å². The SMILES string of the molecule is Cc1ccc(C2=Cc3c(cccc3C(=O)NO)C2)cc1. The van der Waals surface area contributed by atoms with Crippen LogP contribution in [0.3, 0.4) is 0 Å². The first kappa shape index (κ1) is 12.6. The number of hydrogen-bond donors (Lipinski definition) is 2. The number of nitrogens with one attached hydrogen (secondary N) is 1. The molecule has 20 heavy (non-hydrogen) atoms. The third-order valence-corrected chi connectivity index (χ3v) is 3.66. The molecule has 0 unspecified atom stereocenters. The van der Waals surface area contributed by atoms with Gasteiger partial charge in [0.05, 0.1) is 0 Å². The number of amides is 1. The molecule has 0 radical (unpaired) electrons. The van der Waals surface area contributed by atoms with Crippen molar-refractivity contribution in [1.82, 2.24) is 5.48 Å². The summed E-state index contributed by atoms with van der Waals surface area (Å²) in [5.41, 5.74) is 7.81. The minimum Gasteiger partial charge on any atom is -0.288 e. The van der Waals surface area contributed by atoms with E-state index in [0.717, 1.165) is 17.5 Å². The van der Waals surface area contributed by atoms with Crippen LogP contribution in [0.25, 0.3) is 11.6 Å². The molecule has 0 atom stereocenters. The van der Waals surface area contributed by atoms with Crippen molar-refractivity contribution in [2.75, 3.05) is 0 Å². The molecular weight excluding hydrogens is 250 g/mol. The van der Waals surface area contributed by atoms with Crippen molar-refractivity contribution in [2.45, 2.75) is 13.3 Å². The maximum atomic E-state index is 11.7. The zero-order valence-electron chi connectivity index (χ0n) is 11.2. The average Bonchev–Trinajstić information content (AvgIpc) is 2.91. The first-order chi connectivity index (χ1) is 9.69. The highest BCUT2D eigenvalue weighted by atomic mass is 16.5. The van der Waals surface area contributed by atoms with Crippen LogP contribution < -0.4 is 5.48 Å². The second kappa shape index (κ2) is 4.94. The van der Waals surface area contributed by atoms with Gasteiger partial charge in [-0.25, -0.2) is 5.48 Å². The zero-order valence-corrected chi connectivity index (χ0v) is 11.2. The van der Waals surface area contributed by atoms with Gasteiger partial charge in [-0.3, -0.25) is 10.0 Å². The molecule has 1 amide bonds. The van der Waals surface area contributed by atoms with Gasteiger partial charge >= 0.3 is 0 Å². The van der Waals surface area contributed by atoms with Crippen LogP contribution in [0.4, 0.5) is 0 Å². The van der Waals surface area contributed by atoms with Crippen molar-refractivity contribution in [2.24, 2.45) is 0 Å². The number of rotatable bonds is 2. The molecule has 100 valence electrons. The Morgan fingerprint density at radius 2 is 1.90 bits per heavy atom. The lowest BCUT2D eigenvalue weighted by Crippen LogP contribution is -2.19. The average molecular weight is 265 g/mol. The normalized spacial score (nSPS) is 12.8. The Morgan fingerprint density at radius 1 is 1.15 bits per heavy atom. The fourth-order valence-corrected chi connectivity index (χ4v) is 2.58. The van der Waals surface area contributed by atoms with Gasteiger partial charge in [0.1, 0.15) is 0 Å². The Kier molecular flexibility index (Phi) is 3.12. The van der Waals surface area contributed by atoms with Gasteiger partial charge in [-0.15, -0.1) is 0 Å². The summed E-state index contributed by atoms with van der Waals surface area (Å²) in [5.74, 6) is -0.469. The van der Waals surface area contributed by atoms with Crippen LogP contribution in [0, 0.1) is 6.92 Å². The van der Waals surface area contributed by atoms with E-state index < -0.39 is 5.91 Å². The van der Waals surface area contributed by atoms with Gasteiger partial charge in [-0.1, -0.05) is 42.0 Å². The molecule has 0 heterocycles. The standard InChI is InChI=1S/C17H15NO2/c1-11-5-7-12(8-6-11)14-9-13-3-2-4-15(16(13)10-14)17(19)18-20/h2-8,10,20H,9H2,1H3,(H,18,19). The van der Waals surface area contributed by atoms with Gasteiger partial charge < -0.3 is 0 Å². The Bertz CT molecular complexity index is 699. The van der Waals surface area contributed by atoms with E-state index in [1.54, 1.807) is 11.5 Å².